The lowest BCUT2D eigenvalue weighted by atomic mass is 9.99. The van der Waals surface area contributed by atoms with E-state index in [0.717, 1.165) is 25.1 Å². The summed E-state index contributed by atoms with van der Waals surface area (Å²) in [7, 11) is 0. The number of hydrogen-bond acceptors (Lipinski definition) is 3. The number of rotatable bonds is 3. The second-order valence-electron chi connectivity index (χ2n) is 4.89. The second kappa shape index (κ2) is 5.33. The number of hydrogen-bond donors (Lipinski definition) is 2. The summed E-state index contributed by atoms with van der Waals surface area (Å²) >= 11 is 0. The topological polar surface area (TPSA) is 68.0 Å². The molecule has 2 rings (SSSR count). The van der Waals surface area contributed by atoms with Crippen LogP contribution in [-0.2, 0) is 0 Å². The highest BCUT2D eigenvalue weighted by Crippen LogP contribution is 2.27. The summed E-state index contributed by atoms with van der Waals surface area (Å²) in [6.07, 6.45) is 5.71. The van der Waals surface area contributed by atoms with E-state index in [4.69, 9.17) is 5.73 Å². The molecule has 1 aromatic heterocycles. The first-order valence-electron chi connectivity index (χ1n) is 6.30. The standard InChI is InChI=1S/C13H18FN3O/c1-8(9-4-2-3-5-9)17-13(18)11-6-10(14)7-16-12(11)15/h6-9H,2-5H2,1H3,(H2,15,16)(H,17,18). The van der Waals surface area contributed by atoms with Crippen LogP contribution >= 0.6 is 0 Å². The van der Waals surface area contributed by atoms with Gasteiger partial charge < -0.3 is 11.1 Å². The Morgan fingerprint density at radius 1 is 1.56 bits per heavy atom. The second-order valence-corrected chi connectivity index (χ2v) is 4.89. The van der Waals surface area contributed by atoms with E-state index in [0.29, 0.717) is 5.92 Å². The van der Waals surface area contributed by atoms with Gasteiger partial charge >= 0.3 is 0 Å². The van der Waals surface area contributed by atoms with Gasteiger partial charge in [0.05, 0.1) is 11.8 Å². The fourth-order valence-electron chi connectivity index (χ4n) is 2.49. The fraction of sp³-hybridized carbons (Fsp3) is 0.538. The van der Waals surface area contributed by atoms with Crippen molar-refractivity contribution in [3.63, 3.8) is 0 Å². The number of nitrogens with zero attached hydrogens (tertiary/aromatic N) is 1. The van der Waals surface area contributed by atoms with Crippen molar-refractivity contribution in [2.24, 2.45) is 5.92 Å². The third kappa shape index (κ3) is 2.78. The lowest BCUT2D eigenvalue weighted by Gasteiger charge is -2.20. The van der Waals surface area contributed by atoms with Crippen molar-refractivity contribution < 1.29 is 9.18 Å². The molecule has 1 fully saturated rings. The molecular formula is C13H18FN3O. The van der Waals surface area contributed by atoms with Crippen LogP contribution in [-0.4, -0.2) is 16.9 Å². The molecule has 0 radical (unpaired) electrons. The summed E-state index contributed by atoms with van der Waals surface area (Å²) in [4.78, 5) is 15.6. The van der Waals surface area contributed by atoms with Crippen molar-refractivity contribution in [1.29, 1.82) is 0 Å². The van der Waals surface area contributed by atoms with E-state index in [1.807, 2.05) is 6.92 Å². The number of nitrogens with two attached hydrogens (primary N) is 1. The van der Waals surface area contributed by atoms with Crippen LogP contribution in [0.4, 0.5) is 10.2 Å². The number of nitrogens with one attached hydrogen (secondary N) is 1. The highest BCUT2D eigenvalue weighted by Gasteiger charge is 2.24. The molecule has 0 bridgehead atoms. The minimum Gasteiger partial charge on any atom is -0.383 e. The number of amides is 1. The van der Waals surface area contributed by atoms with Gasteiger partial charge in [0.25, 0.3) is 5.91 Å². The van der Waals surface area contributed by atoms with E-state index in [9.17, 15) is 9.18 Å². The maximum atomic E-state index is 13.0. The maximum Gasteiger partial charge on any atom is 0.255 e. The third-order valence-electron chi connectivity index (χ3n) is 3.60. The van der Waals surface area contributed by atoms with E-state index >= 15 is 0 Å². The van der Waals surface area contributed by atoms with Gasteiger partial charge in [-0.15, -0.1) is 0 Å². The number of carbonyl (C=O) groups excluding carboxylic acids is 1. The third-order valence-corrected chi connectivity index (χ3v) is 3.60. The first-order valence-corrected chi connectivity index (χ1v) is 6.30. The molecule has 1 heterocycles. The molecule has 5 heteroatoms. The number of anilines is 1. The largest absolute Gasteiger partial charge is 0.383 e. The Hall–Kier alpha value is -1.65. The van der Waals surface area contributed by atoms with Crippen molar-refractivity contribution in [3.05, 3.63) is 23.6 Å². The van der Waals surface area contributed by atoms with E-state index in [-0.39, 0.29) is 23.3 Å². The Bertz CT molecular complexity index is 444. The fourth-order valence-corrected chi connectivity index (χ4v) is 2.49. The van der Waals surface area contributed by atoms with Gasteiger partial charge in [-0.25, -0.2) is 9.37 Å². The summed E-state index contributed by atoms with van der Waals surface area (Å²) < 4.78 is 13.0. The van der Waals surface area contributed by atoms with Crippen LogP contribution in [0.3, 0.4) is 0 Å². The zero-order chi connectivity index (χ0) is 13.1. The average molecular weight is 251 g/mol. The molecule has 98 valence electrons. The Kier molecular flexibility index (Phi) is 3.79. The van der Waals surface area contributed by atoms with Gasteiger partial charge in [0.15, 0.2) is 0 Å². The number of carbonyl (C=O) groups is 1. The number of aromatic nitrogens is 1. The van der Waals surface area contributed by atoms with Gasteiger partial charge in [-0.05, 0) is 31.7 Å². The number of nitrogen functional groups attached to an aromatic ring is 1. The molecule has 4 nitrogen and oxygen atoms in total. The molecule has 0 saturated heterocycles. The SMILES string of the molecule is CC(NC(=O)c1cc(F)cnc1N)C1CCCC1. The van der Waals surface area contributed by atoms with Crippen molar-refractivity contribution in [1.82, 2.24) is 10.3 Å². The van der Waals surface area contributed by atoms with Crippen LogP contribution in [0.15, 0.2) is 12.3 Å². The summed E-state index contributed by atoms with van der Waals surface area (Å²) in [5.41, 5.74) is 5.69. The number of pyridine rings is 1. The van der Waals surface area contributed by atoms with Gasteiger partial charge in [-0.2, -0.15) is 0 Å². The van der Waals surface area contributed by atoms with Crippen molar-refractivity contribution >= 4 is 11.7 Å². The molecule has 1 aromatic rings. The predicted molar refractivity (Wildman–Crippen MR) is 67.5 cm³/mol. The molecule has 3 N–H and O–H groups in total. The molecule has 0 aliphatic heterocycles. The van der Waals surface area contributed by atoms with Crippen LogP contribution in [0.5, 0.6) is 0 Å². The van der Waals surface area contributed by atoms with E-state index < -0.39 is 5.82 Å². The van der Waals surface area contributed by atoms with Gasteiger partial charge in [0.1, 0.15) is 11.6 Å². The lowest BCUT2D eigenvalue weighted by molar-refractivity contribution is 0.0927. The Morgan fingerprint density at radius 2 is 2.22 bits per heavy atom. The molecule has 1 aliphatic carbocycles. The van der Waals surface area contributed by atoms with Crippen LogP contribution in [0, 0.1) is 11.7 Å². The summed E-state index contributed by atoms with van der Waals surface area (Å²) in [5, 5.41) is 2.88. The normalized spacial score (nSPS) is 17.7. The van der Waals surface area contributed by atoms with Gasteiger partial charge in [0.2, 0.25) is 0 Å². The molecule has 0 spiro atoms. The molecule has 1 amide bonds. The molecule has 1 unspecified atom stereocenters. The summed E-state index contributed by atoms with van der Waals surface area (Å²) in [6, 6.07) is 1.21. The van der Waals surface area contributed by atoms with Crippen LogP contribution in [0.25, 0.3) is 0 Å². The average Bonchev–Trinajstić information content (AvgIpc) is 2.85. The molecule has 1 atom stereocenters. The minimum atomic E-state index is -0.553. The van der Waals surface area contributed by atoms with Crippen molar-refractivity contribution in [2.45, 2.75) is 38.6 Å². The van der Waals surface area contributed by atoms with E-state index in [2.05, 4.69) is 10.3 Å². The minimum absolute atomic E-state index is 0.0625. The van der Waals surface area contributed by atoms with Crippen LogP contribution in [0.2, 0.25) is 0 Å². The maximum absolute atomic E-state index is 13.0. The quantitative estimate of drug-likeness (QED) is 0.864. The first kappa shape index (κ1) is 12.8. The highest BCUT2D eigenvalue weighted by atomic mass is 19.1. The zero-order valence-corrected chi connectivity index (χ0v) is 10.4. The Balaban J connectivity index is 2.04. The zero-order valence-electron chi connectivity index (χ0n) is 10.4. The molecular weight excluding hydrogens is 233 g/mol. The molecule has 18 heavy (non-hydrogen) atoms. The Morgan fingerprint density at radius 3 is 2.89 bits per heavy atom. The summed E-state index contributed by atoms with van der Waals surface area (Å²) in [6.45, 7) is 1.98. The lowest BCUT2D eigenvalue weighted by Crippen LogP contribution is -2.37. The molecule has 1 saturated carbocycles. The summed E-state index contributed by atoms with van der Waals surface area (Å²) in [5.74, 6) is -0.328. The first-order chi connectivity index (χ1) is 8.58. The van der Waals surface area contributed by atoms with Gasteiger partial charge in [-0.1, -0.05) is 12.8 Å². The number of halogens is 1. The predicted octanol–water partition coefficient (Wildman–Crippen LogP) is 2.11. The smallest absolute Gasteiger partial charge is 0.255 e. The van der Waals surface area contributed by atoms with Gasteiger partial charge in [-0.3, -0.25) is 4.79 Å². The van der Waals surface area contributed by atoms with E-state index in [1.54, 1.807) is 0 Å². The van der Waals surface area contributed by atoms with Crippen molar-refractivity contribution in [3.8, 4) is 0 Å². The van der Waals surface area contributed by atoms with Crippen LogP contribution < -0.4 is 11.1 Å². The Labute approximate surface area is 106 Å². The van der Waals surface area contributed by atoms with Crippen LogP contribution in [0.1, 0.15) is 43.0 Å². The van der Waals surface area contributed by atoms with E-state index in [1.165, 1.54) is 12.8 Å². The monoisotopic (exact) mass is 251 g/mol. The highest BCUT2D eigenvalue weighted by molar-refractivity contribution is 5.98. The van der Waals surface area contributed by atoms with Gasteiger partial charge in [0, 0.05) is 6.04 Å². The molecule has 0 aromatic carbocycles. The molecule has 1 aliphatic rings. The van der Waals surface area contributed by atoms with Crippen molar-refractivity contribution in [2.75, 3.05) is 5.73 Å².